The van der Waals surface area contributed by atoms with E-state index in [0.29, 0.717) is 5.75 Å². The topological polar surface area (TPSA) is 40.5 Å². The Morgan fingerprint density at radius 1 is 0.258 bits per heavy atom. The van der Waals surface area contributed by atoms with Crippen molar-refractivity contribution in [1.29, 1.82) is 0 Å². The number of phenolic OH excluding ortho intramolecular Hbond substituents is 2. The summed E-state index contributed by atoms with van der Waals surface area (Å²) in [6, 6.07) is 122. The van der Waals surface area contributed by atoms with Gasteiger partial charge in [0.05, 0.1) is 0 Å². The summed E-state index contributed by atoms with van der Waals surface area (Å²) in [5, 5.41) is 26.4. The van der Waals surface area contributed by atoms with Crippen LogP contribution in [-0.2, 0) is 0 Å². The van der Waals surface area contributed by atoms with Crippen molar-refractivity contribution < 1.29 is 10.2 Å². The van der Waals surface area contributed by atoms with E-state index in [1.807, 2.05) is 24.3 Å². The molecule has 0 radical (unpaired) electrons. The lowest BCUT2D eigenvalue weighted by Crippen LogP contribution is -2.49. The molecule has 2 N–H and O–H groups in total. The number of terminal acetylenes is 1. The second kappa shape index (κ2) is 27.5. The minimum absolute atomic E-state index is 0.235. The molecule has 5 heteroatoms. The monoisotopic (exact) mass is 1280 g/mol. The number of hydrogen-bond acceptors (Lipinski definition) is 2. The van der Waals surface area contributed by atoms with Crippen LogP contribution < -0.4 is 10.4 Å². The number of allylic oxidation sites excluding steroid dienone is 4. The molecule has 0 spiro atoms. The van der Waals surface area contributed by atoms with Crippen molar-refractivity contribution in [3.63, 3.8) is 0 Å². The summed E-state index contributed by atoms with van der Waals surface area (Å²) in [5.41, 5.74) is 22.8. The van der Waals surface area contributed by atoms with Crippen molar-refractivity contribution in [2.24, 2.45) is 0 Å². The first-order valence-corrected chi connectivity index (χ1v) is 34.8. The smallest absolute Gasteiger partial charge is 0.232 e. The Hall–Kier alpha value is -10.5. The highest BCUT2D eigenvalue weighted by Crippen LogP contribution is 2.57. The van der Waals surface area contributed by atoms with E-state index in [-0.39, 0.29) is 5.75 Å². The molecule has 2 aliphatic rings. The molecule has 2 heterocycles. The summed E-state index contributed by atoms with van der Waals surface area (Å²) < 4.78 is 1.14. The molecule has 2 nitrogen and oxygen atoms in total. The number of rotatable bonds is 10. The van der Waals surface area contributed by atoms with Gasteiger partial charge in [-0.2, -0.15) is 0 Å². The Bertz CT molecular complexity index is 4380. The minimum Gasteiger partial charge on any atom is -0.508 e. The lowest BCUT2D eigenvalue weighted by molar-refractivity contribution is 0.474. The minimum atomic E-state index is -3.10. The molecule has 0 unspecified atom stereocenters. The molecule has 12 aromatic carbocycles. The molecule has 0 bridgehead atoms. The third-order valence-electron chi connectivity index (χ3n) is 16.2. The average molecular weight is 1290 g/mol. The molecular formula is C84H61IO2Si2. The Labute approximate surface area is 538 Å². The predicted molar refractivity (Wildman–Crippen MR) is 387 cm³/mol. The number of hydrogen-bond donors (Lipinski definition) is 2. The van der Waals surface area contributed by atoms with E-state index in [4.69, 9.17) is 11.5 Å². The highest BCUT2D eigenvalue weighted by molar-refractivity contribution is 14.1. The lowest BCUT2D eigenvalue weighted by Gasteiger charge is -2.30. The third-order valence-corrected chi connectivity index (χ3v) is 25.4. The zero-order chi connectivity index (χ0) is 60.8. The Kier molecular flexibility index (Phi) is 18.2. The first-order valence-electron chi connectivity index (χ1n) is 29.7. The quantitative estimate of drug-likeness (QED) is 0.0814. The molecule has 89 heavy (non-hydrogen) atoms. The van der Waals surface area contributed by atoms with Crippen LogP contribution >= 0.6 is 22.6 Å². The van der Waals surface area contributed by atoms with Gasteiger partial charge >= 0.3 is 0 Å². The highest BCUT2D eigenvalue weighted by Gasteiger charge is 2.53. The van der Waals surface area contributed by atoms with Crippen molar-refractivity contribution in [2.45, 2.75) is 0 Å². The summed E-state index contributed by atoms with van der Waals surface area (Å²) >= 11 is 2.19. The average Bonchev–Trinajstić information content (AvgIpc) is 1.57. The molecule has 0 aromatic heterocycles. The van der Waals surface area contributed by atoms with E-state index < -0.39 is 16.1 Å². The lowest BCUT2D eigenvalue weighted by atomic mass is 9.89. The Balaban J connectivity index is 0.000000155. The van der Waals surface area contributed by atoms with E-state index in [0.717, 1.165) is 9.13 Å². The molecular weight excluding hydrogens is 1220 g/mol. The molecule has 0 fully saturated rings. The number of aromatic hydroxyl groups is 2. The molecule has 0 saturated heterocycles. The van der Waals surface area contributed by atoms with Crippen molar-refractivity contribution in [1.82, 2.24) is 0 Å². The van der Waals surface area contributed by atoms with E-state index in [9.17, 15) is 5.11 Å². The standard InChI is InChI=1S/C42H30OSi.C36H26Si.C6H5IO/c43-37-28-26-32(27-29-37)30-31-44(38-24-14-5-15-25-38)41(35-20-10-3-11-21-35)39(33-16-6-1-7-17-33)40(34-18-8-2-9-19-34)42(44)36-22-12-4-13-23-36;1-2-37(32-26-16-7-17-27-32)35(30-22-12-5-13-23-30)33(28-18-8-3-9-19-28)34(29-20-10-4-11-21-29)36(37)31-24-14-6-15-25-31;7-5-1-3-6(8)4-2-5/h1-29,43H;1,3-27H;1-4,8H. The fourth-order valence-electron chi connectivity index (χ4n) is 12.5. The van der Waals surface area contributed by atoms with E-state index in [2.05, 4.69) is 343 Å². The van der Waals surface area contributed by atoms with Gasteiger partial charge < -0.3 is 10.2 Å². The fourth-order valence-corrected chi connectivity index (χ4v) is 22.0. The molecule has 2 aliphatic heterocycles. The molecule has 14 rings (SSSR count). The van der Waals surface area contributed by atoms with Crippen LogP contribution in [-0.4, -0.2) is 26.4 Å². The molecule has 0 saturated carbocycles. The third kappa shape index (κ3) is 12.2. The summed E-state index contributed by atoms with van der Waals surface area (Å²) in [6.07, 6.45) is 6.78. The van der Waals surface area contributed by atoms with Gasteiger partial charge in [-0.3, -0.25) is 0 Å². The van der Waals surface area contributed by atoms with Crippen molar-refractivity contribution in [3.8, 4) is 34.9 Å². The van der Waals surface area contributed by atoms with Crippen LogP contribution in [0, 0.1) is 27.0 Å². The molecule has 0 aliphatic carbocycles. The van der Waals surface area contributed by atoms with Crippen molar-refractivity contribution in [3.05, 3.63) is 405 Å². The van der Waals surface area contributed by atoms with Crippen molar-refractivity contribution >= 4 is 92.2 Å². The second-order valence-electron chi connectivity index (χ2n) is 21.6. The fraction of sp³-hybridized carbons (Fsp3) is 0. The van der Waals surface area contributed by atoms with Crippen LogP contribution in [0.3, 0.4) is 0 Å². The van der Waals surface area contributed by atoms with Crippen LogP contribution in [0.25, 0.3) is 43.1 Å². The Morgan fingerprint density at radius 3 is 0.742 bits per heavy atom. The van der Waals surface area contributed by atoms with Gasteiger partial charge in [-0.1, -0.05) is 309 Å². The van der Waals surface area contributed by atoms with Gasteiger partial charge in [0.1, 0.15) is 11.5 Å². The van der Waals surface area contributed by atoms with Gasteiger partial charge in [0, 0.05) is 9.13 Å². The molecule has 0 amide bonds. The normalized spacial score (nSPS) is 13.7. The zero-order valence-electron chi connectivity index (χ0n) is 48.8. The van der Waals surface area contributed by atoms with E-state index >= 15 is 0 Å². The van der Waals surface area contributed by atoms with Gasteiger partial charge in [-0.25, -0.2) is 0 Å². The predicted octanol–water partition coefficient (Wildman–Crippen LogP) is 18.8. The Morgan fingerprint density at radius 2 is 0.483 bits per heavy atom. The summed E-state index contributed by atoms with van der Waals surface area (Å²) in [5.74, 6) is 4.19. The maximum atomic E-state index is 10.0. The van der Waals surface area contributed by atoms with Gasteiger partial charge in [-0.15, -0.1) is 17.5 Å². The first kappa shape index (κ1) is 58.8. The van der Waals surface area contributed by atoms with E-state index in [1.165, 1.54) is 98.0 Å². The maximum Gasteiger partial charge on any atom is 0.232 e. The zero-order valence-corrected chi connectivity index (χ0v) is 53.0. The highest BCUT2D eigenvalue weighted by atomic mass is 127. The summed E-state index contributed by atoms with van der Waals surface area (Å²) in [6.45, 7) is 0. The van der Waals surface area contributed by atoms with Gasteiger partial charge in [0.25, 0.3) is 0 Å². The van der Waals surface area contributed by atoms with Gasteiger partial charge in [0.15, 0.2) is 0 Å². The number of phenols is 2. The second-order valence-corrected chi connectivity index (χ2v) is 29.5. The first-order chi connectivity index (χ1) is 43.9. The SMILES string of the molecule is C#C[Si]1(c2ccccc2)C(c2ccccc2)=C(c2ccccc2)C(c2ccccc2)=C1c1ccccc1.Oc1ccc(C#C[Si]2(c3ccccc3)C(c3ccccc3)=C(c3ccccc3)C(c3ccccc3)=C2c2ccccc2)cc1.Oc1ccc(I)cc1. The largest absolute Gasteiger partial charge is 0.508 e. The van der Waals surface area contributed by atoms with Crippen LogP contribution in [0.2, 0.25) is 0 Å². The van der Waals surface area contributed by atoms with Crippen LogP contribution in [0.5, 0.6) is 11.5 Å². The number of halogens is 1. The summed E-state index contributed by atoms with van der Waals surface area (Å²) in [7, 11) is -6.03. The van der Waals surface area contributed by atoms with Gasteiger partial charge in [-0.05, 0) is 169 Å². The molecule has 12 aromatic rings. The molecule has 0 atom stereocenters. The van der Waals surface area contributed by atoms with Crippen molar-refractivity contribution in [2.75, 3.05) is 0 Å². The van der Waals surface area contributed by atoms with Crippen LogP contribution in [0.1, 0.15) is 50.1 Å². The maximum absolute atomic E-state index is 10.0. The number of benzene rings is 12. The van der Waals surface area contributed by atoms with Crippen LogP contribution in [0.4, 0.5) is 0 Å². The molecule has 424 valence electrons. The van der Waals surface area contributed by atoms with E-state index in [1.54, 1.807) is 24.3 Å². The van der Waals surface area contributed by atoms with Gasteiger partial charge in [0.2, 0.25) is 16.1 Å². The summed E-state index contributed by atoms with van der Waals surface area (Å²) in [4.78, 5) is 0. The van der Waals surface area contributed by atoms with Crippen LogP contribution in [0.15, 0.2) is 352 Å².